The number of aromatic nitrogens is 1. The number of likely N-dealkylation sites (tertiary alicyclic amines) is 1. The van der Waals surface area contributed by atoms with E-state index in [0.29, 0.717) is 17.9 Å². The predicted octanol–water partition coefficient (Wildman–Crippen LogP) is 3.10. The lowest BCUT2D eigenvalue weighted by atomic mass is 10.1. The van der Waals surface area contributed by atoms with Gasteiger partial charge in [-0.25, -0.2) is 4.79 Å². The first-order valence-electron chi connectivity index (χ1n) is 9.91. The summed E-state index contributed by atoms with van der Waals surface area (Å²) in [7, 11) is 0. The lowest BCUT2D eigenvalue weighted by Crippen LogP contribution is -2.36. The summed E-state index contributed by atoms with van der Waals surface area (Å²) in [5.74, 6) is 0.346. The fourth-order valence-corrected chi connectivity index (χ4v) is 3.98. The number of para-hydroxylation sites is 1. The molecule has 1 N–H and O–H groups in total. The van der Waals surface area contributed by atoms with Crippen LogP contribution in [0, 0.1) is 0 Å². The summed E-state index contributed by atoms with van der Waals surface area (Å²) in [6.07, 6.45) is 4.01. The Bertz CT molecular complexity index is 975. The molecule has 1 aliphatic heterocycles. The van der Waals surface area contributed by atoms with Gasteiger partial charge >= 0.3 is 5.97 Å². The van der Waals surface area contributed by atoms with Gasteiger partial charge in [-0.15, -0.1) is 0 Å². The number of ether oxygens (including phenoxy) is 2. The summed E-state index contributed by atoms with van der Waals surface area (Å²) in [6, 6.07) is 11.5. The molecule has 28 heavy (non-hydrogen) atoms. The monoisotopic (exact) mass is 382 g/mol. The van der Waals surface area contributed by atoms with E-state index in [4.69, 9.17) is 9.47 Å². The van der Waals surface area contributed by atoms with Crippen molar-refractivity contribution in [3.05, 3.63) is 48.2 Å². The molecule has 1 fully saturated rings. The number of aliphatic hydroxyl groups excluding tert-OH is 1. The first-order valence-corrected chi connectivity index (χ1v) is 9.91. The number of fused-ring (bicyclic) bond motifs is 3. The SMILES string of the molecule is CCOC(=O)c1c2ccccc2n2cc(OC(CO)CN3CCCC3)ccc12. The van der Waals surface area contributed by atoms with Crippen LogP contribution >= 0.6 is 0 Å². The van der Waals surface area contributed by atoms with Crippen molar-refractivity contribution >= 4 is 22.4 Å². The van der Waals surface area contributed by atoms with Crippen LogP contribution in [0.4, 0.5) is 0 Å². The van der Waals surface area contributed by atoms with Crippen molar-refractivity contribution in [2.75, 3.05) is 32.8 Å². The minimum Gasteiger partial charge on any atom is -0.485 e. The van der Waals surface area contributed by atoms with E-state index < -0.39 is 0 Å². The first kappa shape index (κ1) is 18.8. The third-order valence-corrected chi connectivity index (χ3v) is 5.26. The van der Waals surface area contributed by atoms with Gasteiger partial charge < -0.3 is 19.0 Å². The molecule has 1 aromatic carbocycles. The number of carbonyl (C=O) groups is 1. The van der Waals surface area contributed by atoms with Crippen LogP contribution in [0.2, 0.25) is 0 Å². The van der Waals surface area contributed by atoms with E-state index in [1.165, 1.54) is 12.8 Å². The number of aliphatic hydroxyl groups is 1. The van der Waals surface area contributed by atoms with Crippen molar-refractivity contribution in [2.24, 2.45) is 0 Å². The number of hydrogen-bond donors (Lipinski definition) is 1. The second-order valence-corrected chi connectivity index (χ2v) is 7.16. The molecule has 4 rings (SSSR count). The van der Waals surface area contributed by atoms with Gasteiger partial charge in [-0.1, -0.05) is 18.2 Å². The highest BCUT2D eigenvalue weighted by Crippen LogP contribution is 2.29. The molecule has 0 radical (unpaired) electrons. The van der Waals surface area contributed by atoms with Gasteiger partial charge in [-0.3, -0.25) is 4.90 Å². The standard InChI is InChI=1S/C22H26N2O4/c1-2-27-22(26)21-18-7-3-4-8-19(18)24-14-16(9-10-20(21)24)28-17(15-25)13-23-11-5-6-12-23/h3-4,7-10,14,17,25H,2,5-6,11-13,15H2,1H3. The van der Waals surface area contributed by atoms with E-state index >= 15 is 0 Å². The zero-order valence-electron chi connectivity index (χ0n) is 16.1. The van der Waals surface area contributed by atoms with E-state index in [1.807, 2.05) is 47.0 Å². The van der Waals surface area contributed by atoms with Crippen LogP contribution in [0.1, 0.15) is 30.1 Å². The Morgan fingerprint density at radius 3 is 2.68 bits per heavy atom. The molecule has 3 heterocycles. The van der Waals surface area contributed by atoms with Crippen molar-refractivity contribution in [2.45, 2.75) is 25.9 Å². The third-order valence-electron chi connectivity index (χ3n) is 5.26. The number of carbonyl (C=O) groups excluding carboxylic acids is 1. The summed E-state index contributed by atoms with van der Waals surface area (Å²) in [5, 5.41) is 10.6. The van der Waals surface area contributed by atoms with Crippen LogP contribution in [0.25, 0.3) is 16.4 Å². The summed E-state index contributed by atoms with van der Waals surface area (Å²) in [4.78, 5) is 14.9. The zero-order chi connectivity index (χ0) is 19.5. The van der Waals surface area contributed by atoms with Crippen molar-refractivity contribution in [1.82, 2.24) is 9.30 Å². The van der Waals surface area contributed by atoms with Gasteiger partial charge in [0.05, 0.1) is 36.0 Å². The maximum Gasteiger partial charge on any atom is 0.340 e. The predicted molar refractivity (Wildman–Crippen MR) is 108 cm³/mol. The lowest BCUT2D eigenvalue weighted by Gasteiger charge is -2.23. The number of rotatable bonds is 7. The van der Waals surface area contributed by atoms with Crippen LogP contribution in [0.3, 0.4) is 0 Å². The molecule has 6 heteroatoms. The second-order valence-electron chi connectivity index (χ2n) is 7.16. The second kappa shape index (κ2) is 8.20. The molecule has 1 aliphatic rings. The van der Waals surface area contributed by atoms with Crippen molar-refractivity contribution in [3.8, 4) is 5.75 Å². The molecular weight excluding hydrogens is 356 g/mol. The van der Waals surface area contributed by atoms with Crippen LogP contribution in [-0.4, -0.2) is 59.3 Å². The molecule has 0 amide bonds. The Labute approximate surface area is 164 Å². The Kier molecular flexibility index (Phi) is 5.50. The number of hydrogen-bond acceptors (Lipinski definition) is 5. The number of pyridine rings is 1. The van der Waals surface area contributed by atoms with E-state index in [1.54, 1.807) is 6.92 Å². The molecule has 0 bridgehead atoms. The Morgan fingerprint density at radius 1 is 1.14 bits per heavy atom. The molecular formula is C22H26N2O4. The highest BCUT2D eigenvalue weighted by Gasteiger charge is 2.21. The minimum atomic E-state index is -0.322. The normalized spacial score (nSPS) is 15.9. The smallest absolute Gasteiger partial charge is 0.340 e. The van der Waals surface area contributed by atoms with Gasteiger partial charge in [0.1, 0.15) is 11.9 Å². The Hall–Kier alpha value is -2.57. The van der Waals surface area contributed by atoms with Crippen LogP contribution < -0.4 is 4.74 Å². The third kappa shape index (κ3) is 3.57. The van der Waals surface area contributed by atoms with E-state index in [-0.39, 0.29) is 18.7 Å². The highest BCUT2D eigenvalue weighted by molar-refractivity contribution is 6.11. The van der Waals surface area contributed by atoms with Crippen LogP contribution in [0.15, 0.2) is 42.6 Å². The van der Waals surface area contributed by atoms with Gasteiger partial charge in [0.25, 0.3) is 0 Å². The highest BCUT2D eigenvalue weighted by atomic mass is 16.5. The lowest BCUT2D eigenvalue weighted by molar-refractivity contribution is 0.0531. The van der Waals surface area contributed by atoms with Gasteiger partial charge in [0, 0.05) is 11.9 Å². The fraction of sp³-hybridized carbons (Fsp3) is 0.409. The summed E-state index contributed by atoms with van der Waals surface area (Å²) < 4.78 is 13.3. The van der Waals surface area contributed by atoms with Crippen molar-refractivity contribution in [1.29, 1.82) is 0 Å². The zero-order valence-corrected chi connectivity index (χ0v) is 16.1. The van der Waals surface area contributed by atoms with Gasteiger partial charge in [-0.2, -0.15) is 0 Å². The molecule has 0 spiro atoms. The molecule has 2 aromatic heterocycles. The number of nitrogens with zero attached hydrogens (tertiary/aromatic N) is 2. The van der Waals surface area contributed by atoms with Gasteiger partial charge in [-0.05, 0) is 51.1 Å². The molecule has 1 atom stereocenters. The van der Waals surface area contributed by atoms with Crippen LogP contribution in [0.5, 0.6) is 5.75 Å². The Balaban J connectivity index is 1.68. The summed E-state index contributed by atoms with van der Waals surface area (Å²) in [6.45, 7) is 4.94. The van der Waals surface area contributed by atoms with Gasteiger partial charge in [0.15, 0.2) is 0 Å². The van der Waals surface area contributed by atoms with Crippen LogP contribution in [-0.2, 0) is 4.74 Å². The fourth-order valence-electron chi connectivity index (χ4n) is 3.98. The van der Waals surface area contributed by atoms with E-state index in [2.05, 4.69) is 4.90 Å². The quantitative estimate of drug-likeness (QED) is 0.636. The number of esters is 1. The minimum absolute atomic E-state index is 0.0327. The molecule has 0 aliphatic carbocycles. The summed E-state index contributed by atoms with van der Waals surface area (Å²) in [5.41, 5.74) is 2.28. The molecule has 1 saturated heterocycles. The van der Waals surface area contributed by atoms with Crippen molar-refractivity contribution < 1.29 is 19.4 Å². The Morgan fingerprint density at radius 2 is 1.93 bits per heavy atom. The van der Waals surface area contributed by atoms with Gasteiger partial charge in [0.2, 0.25) is 0 Å². The van der Waals surface area contributed by atoms with Crippen molar-refractivity contribution in [3.63, 3.8) is 0 Å². The maximum atomic E-state index is 12.5. The molecule has 0 saturated carbocycles. The van der Waals surface area contributed by atoms with E-state index in [0.717, 1.165) is 36.1 Å². The maximum absolute atomic E-state index is 12.5. The summed E-state index contributed by atoms with van der Waals surface area (Å²) >= 11 is 0. The average molecular weight is 382 g/mol. The number of benzene rings is 1. The molecule has 3 aromatic rings. The van der Waals surface area contributed by atoms with E-state index in [9.17, 15) is 9.90 Å². The topological polar surface area (TPSA) is 63.4 Å². The average Bonchev–Trinajstić information content (AvgIpc) is 3.33. The molecule has 6 nitrogen and oxygen atoms in total. The molecule has 148 valence electrons. The largest absolute Gasteiger partial charge is 0.485 e. The first-order chi connectivity index (χ1) is 13.7. The molecule has 1 unspecified atom stereocenters.